The highest BCUT2D eigenvalue weighted by molar-refractivity contribution is 6.31. The number of benzene rings is 1. The van der Waals surface area contributed by atoms with Crippen molar-refractivity contribution in [2.24, 2.45) is 5.92 Å². The Labute approximate surface area is 125 Å². The molecule has 1 heterocycles. The molecule has 0 saturated carbocycles. The highest BCUT2D eigenvalue weighted by Crippen LogP contribution is 2.27. The lowest BCUT2D eigenvalue weighted by Crippen LogP contribution is -2.35. The number of amides is 1. The van der Waals surface area contributed by atoms with Gasteiger partial charge in [-0.05, 0) is 31.5 Å². The third-order valence-electron chi connectivity index (χ3n) is 3.69. The summed E-state index contributed by atoms with van der Waals surface area (Å²) in [5, 5.41) is 3.94. The molecule has 1 saturated heterocycles. The van der Waals surface area contributed by atoms with E-state index in [0.717, 1.165) is 25.1 Å². The molecular formula is C14H20Cl2N2O. The van der Waals surface area contributed by atoms with Gasteiger partial charge in [0.2, 0.25) is 5.91 Å². The lowest BCUT2D eigenvalue weighted by atomic mass is 10.0. The molecule has 2 unspecified atom stereocenters. The summed E-state index contributed by atoms with van der Waals surface area (Å²) in [7, 11) is 1.86. The van der Waals surface area contributed by atoms with E-state index in [1.54, 1.807) is 4.90 Å². The maximum absolute atomic E-state index is 12.3. The van der Waals surface area contributed by atoms with Gasteiger partial charge in [-0.1, -0.05) is 29.8 Å². The summed E-state index contributed by atoms with van der Waals surface area (Å²) in [6, 6.07) is 7.70. The van der Waals surface area contributed by atoms with Crippen molar-refractivity contribution in [3.05, 3.63) is 34.9 Å². The fraction of sp³-hybridized carbons (Fsp3) is 0.500. The largest absolute Gasteiger partial charge is 0.339 e. The summed E-state index contributed by atoms with van der Waals surface area (Å²) in [5.41, 5.74) is 1.00. The second-order valence-corrected chi connectivity index (χ2v) is 5.24. The molecule has 19 heavy (non-hydrogen) atoms. The lowest BCUT2D eigenvalue weighted by Gasteiger charge is -2.28. The number of nitrogens with one attached hydrogen (secondary N) is 1. The van der Waals surface area contributed by atoms with Gasteiger partial charge in [-0.15, -0.1) is 12.4 Å². The maximum Gasteiger partial charge on any atom is 0.227 e. The predicted octanol–water partition coefficient (Wildman–Crippen LogP) is 2.89. The van der Waals surface area contributed by atoms with Gasteiger partial charge in [0.1, 0.15) is 0 Å². The van der Waals surface area contributed by atoms with Gasteiger partial charge in [0.25, 0.3) is 0 Å². The van der Waals surface area contributed by atoms with Gasteiger partial charge in [-0.3, -0.25) is 4.79 Å². The standard InChI is InChI=1S/C14H19ClN2O.ClH/c1-10(12-5-3-4-6-13(12)15)17(2)14(18)11-7-8-16-9-11;/h3-6,10-11,16H,7-9H2,1-2H3;1H. The molecule has 3 nitrogen and oxygen atoms in total. The molecule has 5 heteroatoms. The van der Waals surface area contributed by atoms with Gasteiger partial charge in [0.05, 0.1) is 12.0 Å². The third-order valence-corrected chi connectivity index (χ3v) is 4.04. The van der Waals surface area contributed by atoms with Crippen LogP contribution < -0.4 is 5.32 Å². The van der Waals surface area contributed by atoms with Gasteiger partial charge < -0.3 is 10.2 Å². The van der Waals surface area contributed by atoms with Gasteiger partial charge in [0.15, 0.2) is 0 Å². The van der Waals surface area contributed by atoms with Crippen LogP contribution in [-0.2, 0) is 4.79 Å². The van der Waals surface area contributed by atoms with E-state index in [0.29, 0.717) is 5.02 Å². The normalized spacial score (nSPS) is 19.6. The van der Waals surface area contributed by atoms with E-state index < -0.39 is 0 Å². The van der Waals surface area contributed by atoms with E-state index in [-0.39, 0.29) is 30.3 Å². The second kappa shape index (κ2) is 7.13. The van der Waals surface area contributed by atoms with Crippen LogP contribution in [0.25, 0.3) is 0 Å². The smallest absolute Gasteiger partial charge is 0.227 e. The van der Waals surface area contributed by atoms with E-state index in [1.165, 1.54) is 0 Å². The van der Waals surface area contributed by atoms with Crippen LogP contribution in [0.4, 0.5) is 0 Å². The SMILES string of the molecule is CC(c1ccccc1Cl)N(C)C(=O)C1CCNC1.Cl. The summed E-state index contributed by atoms with van der Waals surface area (Å²) in [4.78, 5) is 14.1. The average molecular weight is 303 g/mol. The first kappa shape index (κ1) is 16.3. The Hall–Kier alpha value is -0.770. The molecule has 0 aliphatic carbocycles. The minimum absolute atomic E-state index is 0. The molecular weight excluding hydrogens is 283 g/mol. The van der Waals surface area contributed by atoms with Crippen molar-refractivity contribution in [2.45, 2.75) is 19.4 Å². The maximum atomic E-state index is 12.3. The van der Waals surface area contributed by atoms with Crippen LogP contribution in [0, 0.1) is 5.92 Å². The first-order valence-corrected chi connectivity index (χ1v) is 6.71. The predicted molar refractivity (Wildman–Crippen MR) is 80.9 cm³/mol. The number of rotatable bonds is 3. The molecule has 1 aliphatic rings. The van der Waals surface area contributed by atoms with E-state index in [4.69, 9.17) is 11.6 Å². The van der Waals surface area contributed by atoms with Crippen molar-refractivity contribution >= 4 is 29.9 Å². The number of carbonyl (C=O) groups is 1. The summed E-state index contributed by atoms with van der Waals surface area (Å²) in [5.74, 6) is 0.312. The first-order valence-electron chi connectivity index (χ1n) is 6.33. The molecule has 0 radical (unpaired) electrons. The van der Waals surface area contributed by atoms with Crippen LogP contribution >= 0.6 is 24.0 Å². The lowest BCUT2D eigenvalue weighted by molar-refractivity contribution is -0.135. The Balaban J connectivity index is 0.00000180. The van der Waals surface area contributed by atoms with Crippen LogP contribution in [0.3, 0.4) is 0 Å². The molecule has 0 aromatic heterocycles. The van der Waals surface area contributed by atoms with Gasteiger partial charge >= 0.3 is 0 Å². The fourth-order valence-electron chi connectivity index (χ4n) is 2.37. The quantitative estimate of drug-likeness (QED) is 0.931. The van der Waals surface area contributed by atoms with Crippen molar-refractivity contribution in [2.75, 3.05) is 20.1 Å². The molecule has 1 aromatic carbocycles. The highest BCUT2D eigenvalue weighted by Gasteiger charge is 2.28. The Kier molecular flexibility index (Phi) is 6.11. The molecule has 2 atom stereocenters. The number of hydrogen-bond acceptors (Lipinski definition) is 2. The van der Waals surface area contributed by atoms with Crippen molar-refractivity contribution in [1.29, 1.82) is 0 Å². The van der Waals surface area contributed by atoms with Gasteiger partial charge in [-0.2, -0.15) is 0 Å². The molecule has 1 N–H and O–H groups in total. The molecule has 106 valence electrons. The minimum atomic E-state index is 0. The first-order chi connectivity index (χ1) is 8.61. The monoisotopic (exact) mass is 302 g/mol. The summed E-state index contributed by atoms with van der Waals surface area (Å²) >= 11 is 6.18. The van der Waals surface area contributed by atoms with Crippen LogP contribution in [-0.4, -0.2) is 30.9 Å². The highest BCUT2D eigenvalue weighted by atomic mass is 35.5. The number of hydrogen-bond donors (Lipinski definition) is 1. The topological polar surface area (TPSA) is 32.3 Å². The Morgan fingerprint density at radius 1 is 1.47 bits per heavy atom. The van der Waals surface area contributed by atoms with Crippen LogP contribution in [0.15, 0.2) is 24.3 Å². The molecule has 0 spiro atoms. The average Bonchev–Trinajstić information content (AvgIpc) is 2.90. The van der Waals surface area contributed by atoms with E-state index in [2.05, 4.69) is 5.32 Å². The van der Waals surface area contributed by atoms with Crippen molar-refractivity contribution in [1.82, 2.24) is 10.2 Å². The van der Waals surface area contributed by atoms with E-state index >= 15 is 0 Å². The number of nitrogens with zero attached hydrogens (tertiary/aromatic N) is 1. The second-order valence-electron chi connectivity index (χ2n) is 4.84. The zero-order chi connectivity index (χ0) is 13.1. The Bertz CT molecular complexity index is 433. The van der Waals surface area contributed by atoms with Crippen molar-refractivity contribution < 1.29 is 4.79 Å². The van der Waals surface area contributed by atoms with Crippen molar-refractivity contribution in [3.8, 4) is 0 Å². The molecule has 1 fully saturated rings. The molecule has 2 rings (SSSR count). The summed E-state index contributed by atoms with van der Waals surface area (Å²) in [6.07, 6.45) is 0.929. The van der Waals surface area contributed by atoms with Crippen LogP contribution in [0.5, 0.6) is 0 Å². The Morgan fingerprint density at radius 3 is 2.74 bits per heavy atom. The van der Waals surface area contributed by atoms with Crippen LogP contribution in [0.1, 0.15) is 24.9 Å². The molecule has 0 bridgehead atoms. The molecule has 1 amide bonds. The van der Waals surface area contributed by atoms with E-state index in [1.807, 2.05) is 38.2 Å². The number of carbonyl (C=O) groups excluding carboxylic acids is 1. The fourth-order valence-corrected chi connectivity index (χ4v) is 2.66. The zero-order valence-electron chi connectivity index (χ0n) is 11.2. The summed E-state index contributed by atoms with van der Waals surface area (Å²) < 4.78 is 0. The van der Waals surface area contributed by atoms with E-state index in [9.17, 15) is 4.79 Å². The summed E-state index contributed by atoms with van der Waals surface area (Å²) in [6.45, 7) is 3.74. The number of halogens is 2. The van der Waals surface area contributed by atoms with Crippen molar-refractivity contribution in [3.63, 3.8) is 0 Å². The minimum Gasteiger partial charge on any atom is -0.339 e. The molecule has 1 aliphatic heterocycles. The Morgan fingerprint density at radius 2 is 2.16 bits per heavy atom. The van der Waals surface area contributed by atoms with Gasteiger partial charge in [0, 0.05) is 18.6 Å². The van der Waals surface area contributed by atoms with Crippen LogP contribution in [0.2, 0.25) is 5.02 Å². The van der Waals surface area contributed by atoms with Gasteiger partial charge in [-0.25, -0.2) is 0 Å². The third kappa shape index (κ3) is 3.62. The molecule has 1 aromatic rings. The zero-order valence-corrected chi connectivity index (χ0v) is 12.8.